The minimum absolute atomic E-state index is 0.125. The van der Waals surface area contributed by atoms with Gasteiger partial charge in [-0.15, -0.1) is 0 Å². The lowest BCUT2D eigenvalue weighted by Gasteiger charge is -2.26. The normalized spacial score (nSPS) is 22.6. The van der Waals surface area contributed by atoms with Crippen LogP contribution in [-0.2, 0) is 15.9 Å². The number of ether oxygens (including phenoxy) is 3. The van der Waals surface area contributed by atoms with Crippen LogP contribution in [0.25, 0.3) is 0 Å². The van der Waals surface area contributed by atoms with Gasteiger partial charge in [0.1, 0.15) is 11.4 Å². The highest BCUT2D eigenvalue weighted by Crippen LogP contribution is 2.21. The zero-order chi connectivity index (χ0) is 13.6. The van der Waals surface area contributed by atoms with Crippen LogP contribution in [-0.4, -0.2) is 46.1 Å². The molecule has 1 unspecified atom stereocenters. The molecule has 1 aromatic rings. The number of rotatable bonds is 7. The van der Waals surface area contributed by atoms with E-state index in [9.17, 15) is 0 Å². The lowest BCUT2D eigenvalue weighted by molar-refractivity contribution is -0.0155. The minimum Gasteiger partial charge on any atom is -0.497 e. The molecule has 0 amide bonds. The number of hydrogen-bond acceptors (Lipinski definition) is 4. The summed E-state index contributed by atoms with van der Waals surface area (Å²) in [6.45, 7) is 3.28. The van der Waals surface area contributed by atoms with Crippen LogP contribution in [0.4, 0.5) is 0 Å². The smallest absolute Gasteiger partial charge is 0.118 e. The van der Waals surface area contributed by atoms with Crippen molar-refractivity contribution in [1.29, 1.82) is 0 Å². The summed E-state index contributed by atoms with van der Waals surface area (Å²) in [4.78, 5) is 0. The molecular formula is C15H23NO3. The summed E-state index contributed by atoms with van der Waals surface area (Å²) in [6, 6.07) is 8.20. The highest BCUT2D eigenvalue weighted by atomic mass is 16.5. The summed E-state index contributed by atoms with van der Waals surface area (Å²) in [5.74, 6) is 0.901. The van der Waals surface area contributed by atoms with E-state index >= 15 is 0 Å². The lowest BCUT2D eigenvalue weighted by atomic mass is 10.0. The Balaban J connectivity index is 1.71. The van der Waals surface area contributed by atoms with Crippen LogP contribution in [0, 0.1) is 0 Å². The Kier molecular flexibility index (Phi) is 5.19. The van der Waals surface area contributed by atoms with Gasteiger partial charge < -0.3 is 19.5 Å². The fourth-order valence-corrected chi connectivity index (χ4v) is 2.30. The SMILES string of the molecule is COc1ccc(CCNCC2(OC)CCOC2)cc1. The Bertz CT molecular complexity index is 371. The topological polar surface area (TPSA) is 39.7 Å². The van der Waals surface area contributed by atoms with Gasteiger partial charge in [-0.25, -0.2) is 0 Å². The molecule has 0 radical (unpaired) electrons. The van der Waals surface area contributed by atoms with Crippen molar-refractivity contribution in [2.24, 2.45) is 0 Å². The third-order valence-electron chi connectivity index (χ3n) is 3.70. The Hall–Kier alpha value is -1.10. The van der Waals surface area contributed by atoms with Gasteiger partial charge >= 0.3 is 0 Å². The number of benzene rings is 1. The largest absolute Gasteiger partial charge is 0.497 e. The molecule has 1 fully saturated rings. The van der Waals surface area contributed by atoms with Crippen LogP contribution >= 0.6 is 0 Å². The van der Waals surface area contributed by atoms with E-state index in [2.05, 4.69) is 17.4 Å². The van der Waals surface area contributed by atoms with Crippen molar-refractivity contribution in [2.45, 2.75) is 18.4 Å². The van der Waals surface area contributed by atoms with Crippen LogP contribution in [0.1, 0.15) is 12.0 Å². The van der Waals surface area contributed by atoms with Gasteiger partial charge in [-0.3, -0.25) is 0 Å². The Labute approximate surface area is 115 Å². The molecule has 0 aromatic heterocycles. The van der Waals surface area contributed by atoms with Crippen molar-refractivity contribution in [3.05, 3.63) is 29.8 Å². The van der Waals surface area contributed by atoms with E-state index in [-0.39, 0.29) is 5.60 Å². The second-order valence-electron chi connectivity index (χ2n) is 4.96. The molecule has 0 spiro atoms. The molecule has 4 heteroatoms. The molecule has 106 valence electrons. The van der Waals surface area contributed by atoms with Crippen molar-refractivity contribution in [2.75, 3.05) is 40.5 Å². The van der Waals surface area contributed by atoms with E-state index in [1.165, 1.54) is 5.56 Å². The molecule has 19 heavy (non-hydrogen) atoms. The third kappa shape index (κ3) is 3.93. The first-order valence-electron chi connectivity index (χ1n) is 6.74. The average molecular weight is 265 g/mol. The first kappa shape index (κ1) is 14.3. The molecule has 1 aliphatic heterocycles. The van der Waals surface area contributed by atoms with E-state index in [4.69, 9.17) is 14.2 Å². The summed E-state index contributed by atoms with van der Waals surface area (Å²) < 4.78 is 16.1. The van der Waals surface area contributed by atoms with Crippen LogP contribution < -0.4 is 10.1 Å². The molecule has 1 N–H and O–H groups in total. The number of hydrogen-bond donors (Lipinski definition) is 1. The first-order chi connectivity index (χ1) is 9.28. The maximum atomic E-state index is 5.58. The highest BCUT2D eigenvalue weighted by Gasteiger charge is 2.34. The molecule has 4 nitrogen and oxygen atoms in total. The quantitative estimate of drug-likeness (QED) is 0.761. The highest BCUT2D eigenvalue weighted by molar-refractivity contribution is 5.27. The fourth-order valence-electron chi connectivity index (χ4n) is 2.30. The predicted octanol–water partition coefficient (Wildman–Crippen LogP) is 1.63. The molecular weight excluding hydrogens is 242 g/mol. The fraction of sp³-hybridized carbons (Fsp3) is 0.600. The van der Waals surface area contributed by atoms with E-state index in [0.29, 0.717) is 6.61 Å². The van der Waals surface area contributed by atoms with Gasteiger partial charge in [0.05, 0.1) is 13.7 Å². The van der Waals surface area contributed by atoms with Gasteiger partial charge in [0.25, 0.3) is 0 Å². The van der Waals surface area contributed by atoms with E-state index < -0.39 is 0 Å². The maximum absolute atomic E-state index is 5.58. The van der Waals surface area contributed by atoms with Crippen molar-refractivity contribution in [1.82, 2.24) is 5.32 Å². The number of nitrogens with one attached hydrogen (secondary N) is 1. The summed E-state index contributed by atoms with van der Waals surface area (Å²) >= 11 is 0. The van der Waals surface area contributed by atoms with Crippen LogP contribution in [0.15, 0.2) is 24.3 Å². The van der Waals surface area contributed by atoms with Gasteiger partial charge in [0, 0.05) is 26.7 Å². The number of methoxy groups -OCH3 is 2. The lowest BCUT2D eigenvalue weighted by Crippen LogP contribution is -2.43. The minimum atomic E-state index is -0.125. The second-order valence-corrected chi connectivity index (χ2v) is 4.96. The van der Waals surface area contributed by atoms with Gasteiger partial charge in [-0.2, -0.15) is 0 Å². The molecule has 0 bridgehead atoms. The third-order valence-corrected chi connectivity index (χ3v) is 3.70. The van der Waals surface area contributed by atoms with Crippen LogP contribution in [0.5, 0.6) is 5.75 Å². The summed E-state index contributed by atoms with van der Waals surface area (Å²) in [5, 5.41) is 3.46. The molecule has 1 saturated heterocycles. The first-order valence-corrected chi connectivity index (χ1v) is 6.74. The van der Waals surface area contributed by atoms with E-state index in [1.54, 1.807) is 14.2 Å². The Morgan fingerprint density at radius 1 is 1.26 bits per heavy atom. The zero-order valence-electron chi connectivity index (χ0n) is 11.8. The molecule has 0 aliphatic carbocycles. The van der Waals surface area contributed by atoms with Crippen molar-refractivity contribution < 1.29 is 14.2 Å². The molecule has 1 atom stereocenters. The summed E-state index contributed by atoms with van der Waals surface area (Å²) in [7, 11) is 3.45. The predicted molar refractivity (Wildman–Crippen MR) is 74.7 cm³/mol. The van der Waals surface area contributed by atoms with Crippen LogP contribution in [0.3, 0.4) is 0 Å². The monoisotopic (exact) mass is 265 g/mol. The van der Waals surface area contributed by atoms with Gasteiger partial charge in [0.2, 0.25) is 0 Å². The zero-order valence-corrected chi connectivity index (χ0v) is 11.8. The molecule has 0 saturated carbocycles. The van der Waals surface area contributed by atoms with Crippen molar-refractivity contribution in [3.63, 3.8) is 0 Å². The molecule has 1 aromatic carbocycles. The van der Waals surface area contributed by atoms with Gasteiger partial charge in [-0.05, 0) is 30.7 Å². The molecule has 1 heterocycles. The van der Waals surface area contributed by atoms with Crippen LogP contribution in [0.2, 0.25) is 0 Å². The second kappa shape index (κ2) is 6.89. The Morgan fingerprint density at radius 2 is 2.05 bits per heavy atom. The van der Waals surface area contributed by atoms with E-state index in [0.717, 1.165) is 38.3 Å². The average Bonchev–Trinajstić information content (AvgIpc) is 2.94. The standard InChI is InChI=1S/C15H23NO3/c1-17-14-5-3-13(4-6-14)7-9-16-11-15(18-2)8-10-19-12-15/h3-6,16H,7-12H2,1-2H3. The summed E-state index contributed by atoms with van der Waals surface area (Å²) in [5.41, 5.74) is 1.18. The van der Waals surface area contributed by atoms with E-state index in [1.807, 2.05) is 12.1 Å². The van der Waals surface area contributed by atoms with Crippen molar-refractivity contribution >= 4 is 0 Å². The van der Waals surface area contributed by atoms with Crippen molar-refractivity contribution in [3.8, 4) is 5.75 Å². The maximum Gasteiger partial charge on any atom is 0.118 e. The molecule has 1 aliphatic rings. The van der Waals surface area contributed by atoms with Gasteiger partial charge in [-0.1, -0.05) is 12.1 Å². The van der Waals surface area contributed by atoms with Gasteiger partial charge in [0.15, 0.2) is 0 Å². The Morgan fingerprint density at radius 3 is 2.63 bits per heavy atom. The molecule has 2 rings (SSSR count). The summed E-state index contributed by atoms with van der Waals surface area (Å²) in [6.07, 6.45) is 1.98.